The van der Waals surface area contributed by atoms with E-state index in [9.17, 15) is 19.1 Å². The molecule has 3 N–H and O–H groups in total. The van der Waals surface area contributed by atoms with Gasteiger partial charge < -0.3 is 34.5 Å². The summed E-state index contributed by atoms with van der Waals surface area (Å²) in [7, 11) is 1.52. The smallest absolute Gasteiger partial charge is 0.407 e. The minimum absolute atomic E-state index is 0.193. The number of aromatic hydroxyl groups is 1. The summed E-state index contributed by atoms with van der Waals surface area (Å²) in [5.41, 5.74) is 1.14. The Kier molecular flexibility index (Phi) is 10.8. The van der Waals surface area contributed by atoms with Crippen molar-refractivity contribution in [2.24, 2.45) is 0 Å². The fourth-order valence-electron chi connectivity index (χ4n) is 4.35. The average molecular weight is 638 g/mol. The molecule has 0 aliphatic rings. The molecule has 2 aromatic heterocycles. The molecule has 0 saturated carbocycles. The number of methoxy groups -OCH3 is 1. The molecule has 4 aromatic rings. The monoisotopic (exact) mass is 637 g/mol. The molecule has 0 aliphatic heterocycles. The molecule has 2 aromatic carbocycles. The molecule has 4 rings (SSSR count). The van der Waals surface area contributed by atoms with Crippen LogP contribution < -0.4 is 20.1 Å². The number of halogens is 1. The topological polar surface area (TPSA) is 129 Å². The molecule has 0 fully saturated rings. The van der Waals surface area contributed by atoms with Gasteiger partial charge in [0.1, 0.15) is 35.3 Å². The van der Waals surface area contributed by atoms with Crippen molar-refractivity contribution in [3.8, 4) is 23.1 Å². The van der Waals surface area contributed by atoms with E-state index in [0.29, 0.717) is 41.7 Å². The van der Waals surface area contributed by atoms with Crippen LogP contribution in [0.2, 0.25) is 0 Å². The number of benzene rings is 2. The highest BCUT2D eigenvalue weighted by Gasteiger charge is 2.21. The molecule has 11 nitrogen and oxygen atoms in total. The number of carbonyl (C=O) groups is 2. The number of rotatable bonds is 12. The predicted molar refractivity (Wildman–Crippen MR) is 169 cm³/mol. The molecule has 2 heterocycles. The first-order valence-electron chi connectivity index (χ1n) is 14.2. The minimum atomic E-state index is -0.574. The number of anilines is 1. The maximum absolute atomic E-state index is 13.6. The van der Waals surface area contributed by atoms with E-state index in [-0.39, 0.29) is 30.2 Å². The first kappa shape index (κ1) is 33.0. The van der Waals surface area contributed by atoms with Crippen molar-refractivity contribution in [3.05, 3.63) is 88.7 Å². The lowest BCUT2D eigenvalue weighted by Gasteiger charge is -2.19. The molecule has 2 amide bonds. The zero-order chi connectivity index (χ0) is 32.6. The van der Waals surface area contributed by atoms with E-state index in [2.05, 4.69) is 15.6 Å². The molecule has 0 bridgehead atoms. The van der Waals surface area contributed by atoms with Gasteiger partial charge in [-0.25, -0.2) is 14.2 Å². The van der Waals surface area contributed by atoms with Crippen molar-refractivity contribution >= 4 is 30.0 Å². The molecule has 238 valence electrons. The third-order valence-corrected chi connectivity index (χ3v) is 6.86. The van der Waals surface area contributed by atoms with E-state index in [1.807, 2.05) is 24.3 Å². The number of amides is 2. The van der Waals surface area contributed by atoms with Crippen molar-refractivity contribution in [3.63, 3.8) is 0 Å². The number of aromatic nitrogens is 3. The largest absolute Gasteiger partial charge is 0.495 e. The van der Waals surface area contributed by atoms with E-state index in [1.54, 1.807) is 37.5 Å². The Hall–Kier alpha value is -4.91. The first-order chi connectivity index (χ1) is 21.4. The molecule has 0 spiro atoms. The van der Waals surface area contributed by atoms with E-state index in [0.717, 1.165) is 5.56 Å². The van der Waals surface area contributed by atoms with E-state index < -0.39 is 23.4 Å². The van der Waals surface area contributed by atoms with Crippen LogP contribution in [0.4, 0.5) is 15.0 Å². The van der Waals surface area contributed by atoms with Crippen LogP contribution in [-0.4, -0.2) is 57.1 Å². The Balaban J connectivity index is 1.45. The molecule has 0 aliphatic carbocycles. The first-order valence-corrected chi connectivity index (χ1v) is 14.6. The SMILES string of the molecule is COc1ccc(NC(=O)Cc2c(O)n(-c3ccc(F)cc3)c(=S)n2CCc2ccc(OCCNC(=O)OC(C)(C)C)cc2)nc1. The second-order valence-electron chi connectivity index (χ2n) is 11.0. The summed E-state index contributed by atoms with van der Waals surface area (Å²) in [5, 5.41) is 16.6. The van der Waals surface area contributed by atoms with Gasteiger partial charge >= 0.3 is 6.09 Å². The molecule has 0 saturated heterocycles. The standard InChI is InChI=1S/C32H36FN5O6S/c1-32(2,3)44-30(41)34-16-18-43-24-11-5-21(6-12-24)15-17-37-26(19-28(39)36-27-14-13-25(42-4)20-35-27)29(40)38(31(37)45)23-9-7-22(33)8-10-23/h5-14,20,40H,15-19H2,1-4H3,(H,34,41)(H,35,36,39). The maximum atomic E-state index is 13.6. The van der Waals surface area contributed by atoms with Crippen LogP contribution in [0.3, 0.4) is 0 Å². The molecule has 45 heavy (non-hydrogen) atoms. The van der Waals surface area contributed by atoms with Gasteiger partial charge in [-0.05, 0) is 93.5 Å². The lowest BCUT2D eigenvalue weighted by atomic mass is 10.1. The predicted octanol–water partition coefficient (Wildman–Crippen LogP) is 5.58. The molecule has 0 radical (unpaired) electrons. The summed E-state index contributed by atoms with van der Waals surface area (Å²) < 4.78 is 33.0. The Morgan fingerprint density at radius 1 is 1.02 bits per heavy atom. The van der Waals surface area contributed by atoms with Gasteiger partial charge in [-0.2, -0.15) is 0 Å². The van der Waals surface area contributed by atoms with Crippen LogP contribution in [0.5, 0.6) is 17.4 Å². The van der Waals surface area contributed by atoms with E-state index >= 15 is 0 Å². The number of ether oxygens (including phenoxy) is 3. The number of nitrogens with zero attached hydrogens (tertiary/aromatic N) is 3. The lowest BCUT2D eigenvalue weighted by molar-refractivity contribution is -0.115. The zero-order valence-electron chi connectivity index (χ0n) is 25.5. The van der Waals surface area contributed by atoms with Crippen LogP contribution in [0, 0.1) is 10.6 Å². The number of aryl methyl sites for hydroxylation is 1. The van der Waals surface area contributed by atoms with Crippen molar-refractivity contribution < 1.29 is 33.3 Å². The quantitative estimate of drug-likeness (QED) is 0.136. The molecule has 0 unspecified atom stereocenters. The van der Waals surface area contributed by atoms with Crippen LogP contribution in [-0.2, 0) is 28.9 Å². The van der Waals surface area contributed by atoms with Crippen LogP contribution >= 0.6 is 12.2 Å². The Morgan fingerprint density at radius 3 is 2.33 bits per heavy atom. The van der Waals surface area contributed by atoms with Gasteiger partial charge in [-0.3, -0.25) is 9.36 Å². The number of pyridine rings is 1. The zero-order valence-corrected chi connectivity index (χ0v) is 26.3. The minimum Gasteiger partial charge on any atom is -0.495 e. The van der Waals surface area contributed by atoms with Gasteiger partial charge in [0.05, 0.1) is 37.7 Å². The number of imidazole rings is 1. The van der Waals surface area contributed by atoms with Crippen LogP contribution in [0.1, 0.15) is 32.0 Å². The highest BCUT2D eigenvalue weighted by molar-refractivity contribution is 7.71. The molecular weight excluding hydrogens is 601 g/mol. The van der Waals surface area contributed by atoms with Gasteiger partial charge in [-0.1, -0.05) is 12.1 Å². The van der Waals surface area contributed by atoms with Gasteiger partial charge in [0, 0.05) is 6.54 Å². The Labute approximate surface area is 265 Å². The van der Waals surface area contributed by atoms with Gasteiger partial charge in [0.25, 0.3) is 0 Å². The normalized spacial score (nSPS) is 11.1. The lowest BCUT2D eigenvalue weighted by Crippen LogP contribution is -2.34. The maximum Gasteiger partial charge on any atom is 0.407 e. The highest BCUT2D eigenvalue weighted by Crippen LogP contribution is 2.27. The van der Waals surface area contributed by atoms with Gasteiger partial charge in [0.2, 0.25) is 11.8 Å². The van der Waals surface area contributed by atoms with Crippen molar-refractivity contribution in [1.82, 2.24) is 19.4 Å². The summed E-state index contributed by atoms with van der Waals surface area (Å²) in [6, 6.07) is 16.3. The number of alkyl carbamates (subject to hydrolysis) is 1. The summed E-state index contributed by atoms with van der Waals surface area (Å²) in [6.07, 6.45) is 1.31. The fourth-order valence-corrected chi connectivity index (χ4v) is 4.74. The average Bonchev–Trinajstić information content (AvgIpc) is 3.22. The van der Waals surface area contributed by atoms with E-state index in [1.165, 1.54) is 42.1 Å². The molecule has 13 heteroatoms. The molecular formula is C32H36FN5O6S. The number of carbonyl (C=O) groups excluding carboxylic acids is 2. The number of hydrogen-bond donors (Lipinski definition) is 3. The van der Waals surface area contributed by atoms with Crippen LogP contribution in [0.15, 0.2) is 66.9 Å². The van der Waals surface area contributed by atoms with Crippen LogP contribution in [0.25, 0.3) is 5.69 Å². The van der Waals surface area contributed by atoms with Gasteiger partial charge in [-0.15, -0.1) is 0 Å². The second-order valence-corrected chi connectivity index (χ2v) is 11.4. The second kappa shape index (κ2) is 14.7. The summed E-state index contributed by atoms with van der Waals surface area (Å²) in [4.78, 5) is 28.9. The fraction of sp³-hybridized carbons (Fsp3) is 0.312. The van der Waals surface area contributed by atoms with Crippen molar-refractivity contribution in [2.75, 3.05) is 25.6 Å². The number of nitrogens with one attached hydrogen (secondary N) is 2. The Bertz CT molecular complexity index is 1660. The summed E-state index contributed by atoms with van der Waals surface area (Å²) >= 11 is 5.72. The van der Waals surface area contributed by atoms with Crippen molar-refractivity contribution in [2.45, 2.75) is 45.8 Å². The summed E-state index contributed by atoms with van der Waals surface area (Å²) in [6.45, 7) is 6.28. The third-order valence-electron chi connectivity index (χ3n) is 6.46. The van der Waals surface area contributed by atoms with Crippen molar-refractivity contribution in [1.29, 1.82) is 0 Å². The summed E-state index contributed by atoms with van der Waals surface area (Å²) in [5.74, 6) is 0.448. The van der Waals surface area contributed by atoms with Gasteiger partial charge in [0.15, 0.2) is 4.77 Å². The highest BCUT2D eigenvalue weighted by atomic mass is 32.1. The van der Waals surface area contributed by atoms with E-state index in [4.69, 9.17) is 26.4 Å². The molecule has 0 atom stereocenters. The number of hydrogen-bond acceptors (Lipinski definition) is 8. The Morgan fingerprint density at radius 2 is 1.71 bits per heavy atom. The third kappa shape index (κ3) is 9.29.